The monoisotopic (exact) mass is 544 g/mol. The van der Waals surface area contributed by atoms with Crippen LogP contribution in [0.15, 0.2) is 36.4 Å². The van der Waals surface area contributed by atoms with Crippen molar-refractivity contribution in [1.82, 2.24) is 0 Å². The van der Waals surface area contributed by atoms with E-state index in [-0.39, 0.29) is 38.5 Å². The molecule has 0 N–H and O–H groups in total. The van der Waals surface area contributed by atoms with Crippen LogP contribution in [0, 0.1) is 10.7 Å². The first-order valence-electron chi connectivity index (χ1n) is 12.0. The number of carbonyl (C=O) groups is 1. The van der Waals surface area contributed by atoms with E-state index in [1.54, 1.807) is 26.2 Å². The quantitative estimate of drug-likeness (QED) is 0.153. The van der Waals surface area contributed by atoms with Crippen LogP contribution in [0.5, 0.6) is 5.75 Å². The molecule has 5 nitrogen and oxygen atoms in total. The molecule has 35 heavy (non-hydrogen) atoms. The molecule has 3 rings (SSSR count). The van der Waals surface area contributed by atoms with Crippen molar-refractivity contribution in [3.63, 3.8) is 0 Å². The molecule has 188 valence electrons. The number of hydrogen-bond donors (Lipinski definition) is 0. The number of benzene rings is 2. The van der Waals surface area contributed by atoms with Crippen LogP contribution < -0.4 is 9.20 Å². The van der Waals surface area contributed by atoms with Gasteiger partial charge in [0.15, 0.2) is 0 Å². The number of rotatable bonds is 9. The molecule has 1 aliphatic carbocycles. The van der Waals surface area contributed by atoms with E-state index in [0.29, 0.717) is 25.4 Å². The van der Waals surface area contributed by atoms with Crippen molar-refractivity contribution in [3.8, 4) is 16.5 Å². The summed E-state index contributed by atoms with van der Waals surface area (Å²) < 4.78 is 22.9. The van der Waals surface area contributed by atoms with Gasteiger partial charge in [0.05, 0.1) is 0 Å². The molecule has 0 spiro atoms. The summed E-state index contributed by atoms with van der Waals surface area (Å²) >= 11 is -0.0646. The van der Waals surface area contributed by atoms with Gasteiger partial charge < -0.3 is 0 Å². The van der Waals surface area contributed by atoms with Gasteiger partial charge in [-0.25, -0.2) is 0 Å². The van der Waals surface area contributed by atoms with Crippen LogP contribution in [0.1, 0.15) is 74.5 Å². The van der Waals surface area contributed by atoms with Gasteiger partial charge in [-0.1, -0.05) is 0 Å². The molecule has 0 aromatic heterocycles. The predicted octanol–water partition coefficient (Wildman–Crippen LogP) is 4.55. The minimum atomic E-state index is -0.310. The van der Waals surface area contributed by atoms with Gasteiger partial charge in [0.25, 0.3) is 0 Å². The molecule has 2 aromatic rings. The second-order valence-corrected chi connectivity index (χ2v) is 11.7. The van der Waals surface area contributed by atoms with Gasteiger partial charge >= 0.3 is 216 Å². The SMILES string of the molecule is CCOC(=O)c1ccc(C#C[Se]c2cc(OCOCCOC)cc3c2C(C)(C)CCC3(C)C)cc1. The van der Waals surface area contributed by atoms with Crippen molar-refractivity contribution in [2.24, 2.45) is 0 Å². The van der Waals surface area contributed by atoms with Crippen LogP contribution in [0.25, 0.3) is 0 Å². The molecule has 0 radical (unpaired) electrons. The first kappa shape index (κ1) is 27.3. The van der Waals surface area contributed by atoms with Gasteiger partial charge in [-0.2, -0.15) is 0 Å². The topological polar surface area (TPSA) is 54.0 Å². The molecule has 0 saturated heterocycles. The second kappa shape index (κ2) is 12.1. The molecule has 6 heteroatoms. The van der Waals surface area contributed by atoms with Crippen molar-refractivity contribution in [1.29, 1.82) is 0 Å². The van der Waals surface area contributed by atoms with Gasteiger partial charge in [-0.3, -0.25) is 0 Å². The van der Waals surface area contributed by atoms with Gasteiger partial charge in [0.2, 0.25) is 0 Å². The van der Waals surface area contributed by atoms with E-state index >= 15 is 0 Å². The summed E-state index contributed by atoms with van der Waals surface area (Å²) in [4.78, 5) is 15.3. The average Bonchev–Trinajstić information content (AvgIpc) is 2.82. The average molecular weight is 544 g/mol. The van der Waals surface area contributed by atoms with E-state index in [0.717, 1.165) is 24.2 Å². The third-order valence-corrected chi connectivity index (χ3v) is 7.91. The van der Waals surface area contributed by atoms with Crippen molar-refractivity contribution in [2.45, 2.75) is 58.3 Å². The summed E-state index contributed by atoms with van der Waals surface area (Å²) in [7, 11) is 1.65. The first-order chi connectivity index (χ1) is 16.7. The van der Waals surface area contributed by atoms with Gasteiger partial charge in [0.1, 0.15) is 0 Å². The Kier molecular flexibility index (Phi) is 9.44. The maximum absolute atomic E-state index is 11.9. The summed E-state index contributed by atoms with van der Waals surface area (Å²) in [6.07, 6.45) is 2.27. The molecular formula is C29H36O5Se. The van der Waals surface area contributed by atoms with E-state index in [2.05, 4.69) is 50.6 Å². The Bertz CT molecular complexity index is 1080. The summed E-state index contributed by atoms with van der Waals surface area (Å²) in [5.74, 6) is 3.79. The normalized spacial score (nSPS) is 15.5. The number of carbonyl (C=O) groups excluding carboxylic acids is 1. The zero-order valence-electron chi connectivity index (χ0n) is 21.7. The standard InChI is InChI=1S/C29H36O5Se/c1-7-33-27(30)22-10-8-21(9-11-22)12-17-35-25-19-23(34-20-32-16-15-31-6)18-24-26(25)29(4,5)14-13-28(24,2)3/h8-11,18-19H,7,13-16,20H2,1-6H3. The van der Waals surface area contributed by atoms with Crippen LogP contribution in [0.3, 0.4) is 0 Å². The molecule has 0 aliphatic heterocycles. The molecule has 0 fully saturated rings. The summed E-state index contributed by atoms with van der Waals surface area (Å²) in [5.41, 5.74) is 4.33. The molecule has 0 atom stereocenters. The fourth-order valence-electron chi connectivity index (χ4n) is 4.22. The van der Waals surface area contributed by atoms with E-state index in [9.17, 15) is 4.79 Å². The molecule has 2 aromatic carbocycles. The molecule has 0 unspecified atom stereocenters. The molecule has 0 bridgehead atoms. The van der Waals surface area contributed by atoms with Crippen LogP contribution in [0.4, 0.5) is 0 Å². The molecule has 1 aliphatic rings. The molecule has 0 heterocycles. The van der Waals surface area contributed by atoms with Crippen LogP contribution in [-0.2, 0) is 25.0 Å². The fraction of sp³-hybridized carbons (Fsp3) is 0.483. The fourth-order valence-corrected chi connectivity index (χ4v) is 6.20. The van der Waals surface area contributed by atoms with Crippen molar-refractivity contribution in [2.75, 3.05) is 33.7 Å². The van der Waals surface area contributed by atoms with Crippen molar-refractivity contribution in [3.05, 3.63) is 58.7 Å². The number of esters is 1. The van der Waals surface area contributed by atoms with Crippen LogP contribution >= 0.6 is 0 Å². The predicted molar refractivity (Wildman–Crippen MR) is 140 cm³/mol. The Morgan fingerprint density at radius 1 is 1.03 bits per heavy atom. The maximum atomic E-state index is 11.9. The third-order valence-electron chi connectivity index (χ3n) is 6.35. The van der Waals surface area contributed by atoms with Crippen molar-refractivity contribution < 1.29 is 23.7 Å². The van der Waals surface area contributed by atoms with Crippen LogP contribution in [0.2, 0.25) is 0 Å². The van der Waals surface area contributed by atoms with E-state index in [4.69, 9.17) is 18.9 Å². The second-order valence-electron chi connectivity index (χ2n) is 9.90. The van der Waals surface area contributed by atoms with Crippen LogP contribution in [-0.4, -0.2) is 54.6 Å². The van der Waals surface area contributed by atoms with E-state index in [1.807, 2.05) is 12.1 Å². The summed E-state index contributed by atoms with van der Waals surface area (Å²) in [6.45, 7) is 12.7. The Morgan fingerprint density at radius 2 is 1.74 bits per heavy atom. The summed E-state index contributed by atoms with van der Waals surface area (Å²) in [5, 5.41) is 0. The first-order valence-corrected chi connectivity index (χ1v) is 13.7. The minimum absolute atomic E-state index is 0.0646. The molecule has 0 saturated carbocycles. The summed E-state index contributed by atoms with van der Waals surface area (Å²) in [6, 6.07) is 11.6. The number of hydrogen-bond acceptors (Lipinski definition) is 5. The van der Waals surface area contributed by atoms with E-state index in [1.165, 1.54) is 15.6 Å². The Hall–Kier alpha value is -2.29. The number of fused-ring (bicyclic) bond motifs is 1. The Balaban J connectivity index is 1.86. The zero-order chi connectivity index (χ0) is 25.5. The third kappa shape index (κ3) is 7.12. The van der Waals surface area contributed by atoms with Crippen molar-refractivity contribution >= 4 is 25.4 Å². The molecule has 0 amide bonds. The van der Waals surface area contributed by atoms with Gasteiger partial charge in [-0.05, 0) is 0 Å². The molecular weight excluding hydrogens is 507 g/mol. The van der Waals surface area contributed by atoms with Gasteiger partial charge in [-0.15, -0.1) is 0 Å². The Morgan fingerprint density at radius 3 is 2.43 bits per heavy atom. The van der Waals surface area contributed by atoms with E-state index < -0.39 is 0 Å². The number of ether oxygens (including phenoxy) is 4. The number of methoxy groups -OCH3 is 1. The zero-order valence-corrected chi connectivity index (χ0v) is 23.4. The van der Waals surface area contributed by atoms with Gasteiger partial charge in [0, 0.05) is 0 Å². The Labute approximate surface area is 216 Å².